The zero-order chi connectivity index (χ0) is 19.1. The highest BCUT2D eigenvalue weighted by molar-refractivity contribution is 5.79. The van der Waals surface area contributed by atoms with Crippen molar-refractivity contribution in [3.8, 4) is 5.75 Å². The largest absolute Gasteiger partial charge is 0.492 e. The molecule has 0 fully saturated rings. The first-order valence-corrected chi connectivity index (χ1v) is 9.06. The quantitative estimate of drug-likeness (QED) is 0.454. The summed E-state index contributed by atoms with van der Waals surface area (Å²) in [4.78, 5) is 4.29. The predicted octanol–water partition coefficient (Wildman–Crippen LogP) is 2.52. The van der Waals surface area contributed by atoms with Crippen molar-refractivity contribution in [2.24, 2.45) is 12.0 Å². The average molecular weight is 358 g/mol. The molecule has 26 heavy (non-hydrogen) atoms. The van der Waals surface area contributed by atoms with Gasteiger partial charge in [-0.25, -0.2) is 0 Å². The number of benzene rings is 1. The van der Waals surface area contributed by atoms with Crippen LogP contribution in [0.4, 0.5) is 0 Å². The number of nitrogens with zero attached hydrogens (tertiary/aromatic N) is 3. The second-order valence-corrected chi connectivity index (χ2v) is 6.68. The number of nitrogens with one attached hydrogen (secondary N) is 2. The van der Waals surface area contributed by atoms with Gasteiger partial charge in [0.15, 0.2) is 5.96 Å². The van der Waals surface area contributed by atoms with E-state index in [9.17, 15) is 0 Å². The number of hydrogen-bond donors (Lipinski definition) is 2. The van der Waals surface area contributed by atoms with Crippen LogP contribution in [0, 0.1) is 20.8 Å². The SMILES string of the molecule is CN=C(NCCOc1ccc(C)cc1)NC(C)Cc1c(C)nn(C)c1C. The Balaban J connectivity index is 1.77. The number of rotatable bonds is 7. The molecule has 142 valence electrons. The van der Waals surface area contributed by atoms with Gasteiger partial charge in [-0.15, -0.1) is 0 Å². The molecule has 0 bridgehead atoms. The molecule has 0 amide bonds. The smallest absolute Gasteiger partial charge is 0.191 e. The van der Waals surface area contributed by atoms with Gasteiger partial charge in [-0.1, -0.05) is 17.7 Å². The summed E-state index contributed by atoms with van der Waals surface area (Å²) in [6, 6.07) is 8.33. The maximum absolute atomic E-state index is 5.73. The highest BCUT2D eigenvalue weighted by Gasteiger charge is 2.13. The molecule has 1 aromatic carbocycles. The van der Waals surface area contributed by atoms with Gasteiger partial charge in [0.1, 0.15) is 12.4 Å². The van der Waals surface area contributed by atoms with Crippen LogP contribution in [0.1, 0.15) is 29.4 Å². The molecule has 2 rings (SSSR count). The van der Waals surface area contributed by atoms with Crippen LogP contribution in [0.25, 0.3) is 0 Å². The normalized spacial score (nSPS) is 12.8. The lowest BCUT2D eigenvalue weighted by Gasteiger charge is -2.18. The molecule has 0 spiro atoms. The van der Waals surface area contributed by atoms with Crippen molar-refractivity contribution in [3.63, 3.8) is 0 Å². The van der Waals surface area contributed by atoms with E-state index in [0.717, 1.165) is 23.8 Å². The molecule has 1 aromatic heterocycles. The van der Waals surface area contributed by atoms with Crippen LogP contribution in [0.5, 0.6) is 5.75 Å². The van der Waals surface area contributed by atoms with Crippen molar-refractivity contribution < 1.29 is 4.74 Å². The van der Waals surface area contributed by atoms with Gasteiger partial charge in [-0.3, -0.25) is 9.67 Å². The molecule has 0 aliphatic heterocycles. The predicted molar refractivity (Wildman–Crippen MR) is 107 cm³/mol. The molecule has 6 heteroatoms. The Bertz CT molecular complexity index is 733. The Labute approximate surface area is 156 Å². The molecule has 0 saturated heterocycles. The van der Waals surface area contributed by atoms with E-state index in [-0.39, 0.29) is 6.04 Å². The maximum Gasteiger partial charge on any atom is 0.191 e. The van der Waals surface area contributed by atoms with E-state index in [1.165, 1.54) is 16.8 Å². The minimum absolute atomic E-state index is 0.251. The number of aliphatic imine (C=N–C) groups is 1. The van der Waals surface area contributed by atoms with Crippen molar-refractivity contribution in [1.29, 1.82) is 0 Å². The van der Waals surface area contributed by atoms with E-state index in [1.807, 2.05) is 36.0 Å². The molecule has 2 aromatic rings. The van der Waals surface area contributed by atoms with E-state index in [0.29, 0.717) is 13.2 Å². The first-order chi connectivity index (χ1) is 12.4. The van der Waals surface area contributed by atoms with Crippen LogP contribution in [0.15, 0.2) is 29.3 Å². The highest BCUT2D eigenvalue weighted by atomic mass is 16.5. The average Bonchev–Trinajstić information content (AvgIpc) is 2.85. The first kappa shape index (κ1) is 19.8. The summed E-state index contributed by atoms with van der Waals surface area (Å²) in [6.45, 7) is 9.66. The minimum Gasteiger partial charge on any atom is -0.492 e. The monoisotopic (exact) mass is 357 g/mol. The Morgan fingerprint density at radius 3 is 2.50 bits per heavy atom. The third-order valence-electron chi connectivity index (χ3n) is 4.46. The maximum atomic E-state index is 5.73. The van der Waals surface area contributed by atoms with Crippen LogP contribution in [-0.2, 0) is 13.5 Å². The number of aryl methyl sites for hydroxylation is 3. The van der Waals surface area contributed by atoms with Gasteiger partial charge >= 0.3 is 0 Å². The van der Waals surface area contributed by atoms with Gasteiger partial charge in [-0.05, 0) is 51.8 Å². The summed E-state index contributed by atoms with van der Waals surface area (Å²) in [7, 11) is 3.77. The third-order valence-corrected chi connectivity index (χ3v) is 4.46. The Hall–Kier alpha value is -2.50. The molecule has 0 saturated carbocycles. The zero-order valence-electron chi connectivity index (χ0n) is 16.8. The fourth-order valence-electron chi connectivity index (χ4n) is 2.87. The first-order valence-electron chi connectivity index (χ1n) is 9.06. The van der Waals surface area contributed by atoms with Crippen molar-refractivity contribution >= 4 is 5.96 Å². The fraction of sp³-hybridized carbons (Fsp3) is 0.500. The summed E-state index contributed by atoms with van der Waals surface area (Å²) < 4.78 is 7.67. The summed E-state index contributed by atoms with van der Waals surface area (Å²) >= 11 is 0. The number of hydrogen-bond acceptors (Lipinski definition) is 3. The number of aromatic nitrogens is 2. The van der Waals surface area contributed by atoms with Gasteiger partial charge in [0.2, 0.25) is 0 Å². The second kappa shape index (κ2) is 9.27. The summed E-state index contributed by atoms with van der Waals surface area (Å²) in [6.07, 6.45) is 0.909. The number of guanidine groups is 1. The molecule has 1 atom stereocenters. The highest BCUT2D eigenvalue weighted by Crippen LogP contribution is 2.14. The van der Waals surface area contributed by atoms with Gasteiger partial charge in [0.25, 0.3) is 0 Å². The molecule has 0 aliphatic carbocycles. The molecule has 0 radical (unpaired) electrons. The van der Waals surface area contributed by atoms with Gasteiger partial charge in [-0.2, -0.15) is 5.10 Å². The minimum atomic E-state index is 0.251. The van der Waals surface area contributed by atoms with Gasteiger partial charge in [0.05, 0.1) is 12.2 Å². The van der Waals surface area contributed by atoms with E-state index in [4.69, 9.17) is 4.74 Å². The van der Waals surface area contributed by atoms with Crippen LogP contribution in [0.3, 0.4) is 0 Å². The third kappa shape index (κ3) is 5.51. The summed E-state index contributed by atoms with van der Waals surface area (Å²) in [5, 5.41) is 11.2. The molecular formula is C20H31N5O. The van der Waals surface area contributed by atoms with Crippen LogP contribution >= 0.6 is 0 Å². The summed E-state index contributed by atoms with van der Waals surface area (Å²) in [5.41, 5.74) is 4.83. The Morgan fingerprint density at radius 1 is 1.23 bits per heavy atom. The molecule has 2 N–H and O–H groups in total. The Morgan fingerprint density at radius 2 is 1.92 bits per heavy atom. The fourth-order valence-corrected chi connectivity index (χ4v) is 2.87. The van der Waals surface area contributed by atoms with E-state index in [1.54, 1.807) is 7.05 Å². The lowest BCUT2D eigenvalue weighted by atomic mass is 10.1. The zero-order valence-corrected chi connectivity index (χ0v) is 16.8. The van der Waals surface area contributed by atoms with Gasteiger partial charge in [0, 0.05) is 25.8 Å². The molecular weight excluding hydrogens is 326 g/mol. The van der Waals surface area contributed by atoms with Crippen LogP contribution in [-0.4, -0.2) is 42.0 Å². The summed E-state index contributed by atoms with van der Waals surface area (Å²) in [5.74, 6) is 1.67. The van der Waals surface area contributed by atoms with Crippen molar-refractivity contribution in [2.45, 2.75) is 40.2 Å². The van der Waals surface area contributed by atoms with Crippen molar-refractivity contribution in [2.75, 3.05) is 20.2 Å². The molecule has 1 unspecified atom stereocenters. The van der Waals surface area contributed by atoms with E-state index >= 15 is 0 Å². The lowest BCUT2D eigenvalue weighted by molar-refractivity contribution is 0.321. The molecule has 1 heterocycles. The molecule has 0 aliphatic rings. The van der Waals surface area contributed by atoms with Crippen molar-refractivity contribution in [3.05, 3.63) is 46.8 Å². The van der Waals surface area contributed by atoms with E-state index < -0.39 is 0 Å². The second-order valence-electron chi connectivity index (χ2n) is 6.68. The van der Waals surface area contributed by atoms with Crippen molar-refractivity contribution in [1.82, 2.24) is 20.4 Å². The van der Waals surface area contributed by atoms with Crippen LogP contribution in [0.2, 0.25) is 0 Å². The standard InChI is InChI=1S/C20H31N5O/c1-14-7-9-18(10-8-14)26-12-11-22-20(21-5)23-15(2)13-19-16(3)24-25(6)17(19)4/h7-10,15H,11-13H2,1-6H3,(H2,21,22,23). The number of ether oxygens (including phenoxy) is 1. The molecule has 6 nitrogen and oxygen atoms in total. The van der Waals surface area contributed by atoms with Crippen LogP contribution < -0.4 is 15.4 Å². The topological polar surface area (TPSA) is 63.5 Å². The Kier molecular flexibility index (Phi) is 7.06. The van der Waals surface area contributed by atoms with E-state index in [2.05, 4.69) is 48.4 Å². The van der Waals surface area contributed by atoms with Gasteiger partial charge < -0.3 is 15.4 Å². The lowest BCUT2D eigenvalue weighted by Crippen LogP contribution is -2.44.